The molecule has 1 amide bonds. The van der Waals surface area contributed by atoms with Crippen LogP contribution in [0.2, 0.25) is 0 Å². The molecule has 0 saturated heterocycles. The summed E-state index contributed by atoms with van der Waals surface area (Å²) in [6.07, 6.45) is 0. The van der Waals surface area contributed by atoms with Crippen molar-refractivity contribution in [2.45, 2.75) is 6.92 Å². The third-order valence-electron chi connectivity index (χ3n) is 1.93. The van der Waals surface area contributed by atoms with E-state index in [0.717, 1.165) is 11.3 Å². The third-order valence-corrected chi connectivity index (χ3v) is 1.93. The molecule has 14 heavy (non-hydrogen) atoms. The lowest BCUT2D eigenvalue weighted by Crippen LogP contribution is -2.14. The van der Waals surface area contributed by atoms with Crippen LogP contribution in [-0.2, 0) is 9.63 Å². The van der Waals surface area contributed by atoms with Crippen LogP contribution < -0.4 is 5.32 Å². The maximum absolute atomic E-state index is 11.4. The molecule has 0 atom stereocenters. The quantitative estimate of drug-likeness (QED) is 0.716. The van der Waals surface area contributed by atoms with Gasteiger partial charge in [-0.2, -0.15) is 0 Å². The normalized spacial score (nSPS) is 16.6. The van der Waals surface area contributed by atoms with Crippen LogP contribution in [0.25, 0.3) is 0 Å². The number of anilines is 1. The number of hydrogen-bond acceptors (Lipinski definition) is 3. The van der Waals surface area contributed by atoms with E-state index in [1.54, 1.807) is 0 Å². The van der Waals surface area contributed by atoms with Crippen LogP contribution in [-0.4, -0.2) is 18.2 Å². The average molecular weight is 190 g/mol. The number of benzene rings is 1. The molecule has 0 unspecified atom stereocenters. The molecule has 0 radical (unpaired) electrons. The third kappa shape index (κ3) is 1.35. The molecule has 0 spiro atoms. The van der Waals surface area contributed by atoms with E-state index in [9.17, 15) is 4.79 Å². The van der Waals surface area contributed by atoms with Gasteiger partial charge in [-0.1, -0.05) is 23.4 Å². The van der Waals surface area contributed by atoms with Gasteiger partial charge >= 0.3 is 0 Å². The predicted octanol–water partition coefficient (Wildman–Crippen LogP) is 1.38. The summed E-state index contributed by atoms with van der Waals surface area (Å²) in [7, 11) is 0. The first-order valence-corrected chi connectivity index (χ1v) is 4.43. The number of oxime groups is 1. The summed E-state index contributed by atoms with van der Waals surface area (Å²) < 4.78 is 0. The van der Waals surface area contributed by atoms with Gasteiger partial charge in [0.25, 0.3) is 5.91 Å². The summed E-state index contributed by atoms with van der Waals surface area (Å²) in [5.74, 6) is -0.209. The molecule has 4 nitrogen and oxygen atoms in total. The molecule has 72 valence electrons. The van der Waals surface area contributed by atoms with Crippen LogP contribution >= 0.6 is 0 Å². The van der Waals surface area contributed by atoms with E-state index in [4.69, 9.17) is 4.84 Å². The van der Waals surface area contributed by atoms with Gasteiger partial charge < -0.3 is 10.2 Å². The van der Waals surface area contributed by atoms with Gasteiger partial charge in [0, 0.05) is 5.56 Å². The first-order chi connectivity index (χ1) is 6.83. The molecule has 1 heterocycles. The standard InChI is InChI=1S/C10H10N2O2/c1-2-14-12-9-7-5-3-4-6-8(7)11-10(9)13/h3-6H,2H2,1H3,(H,11,12,13). The highest BCUT2D eigenvalue weighted by molar-refractivity contribution is 6.53. The second-order valence-electron chi connectivity index (χ2n) is 2.86. The Morgan fingerprint density at radius 1 is 1.43 bits per heavy atom. The Kier molecular flexibility index (Phi) is 2.18. The van der Waals surface area contributed by atoms with Gasteiger partial charge in [-0.15, -0.1) is 0 Å². The number of rotatable bonds is 2. The van der Waals surface area contributed by atoms with Gasteiger partial charge in [0.15, 0.2) is 5.71 Å². The van der Waals surface area contributed by atoms with E-state index < -0.39 is 0 Å². The van der Waals surface area contributed by atoms with E-state index in [2.05, 4.69) is 10.5 Å². The van der Waals surface area contributed by atoms with E-state index in [0.29, 0.717) is 12.3 Å². The van der Waals surface area contributed by atoms with Crippen molar-refractivity contribution in [1.29, 1.82) is 0 Å². The molecule has 0 saturated carbocycles. The number of fused-ring (bicyclic) bond motifs is 1. The number of nitrogens with one attached hydrogen (secondary N) is 1. The Balaban J connectivity index is 2.39. The van der Waals surface area contributed by atoms with Crippen LogP contribution in [0.5, 0.6) is 0 Å². The zero-order valence-electron chi connectivity index (χ0n) is 7.78. The predicted molar refractivity (Wildman–Crippen MR) is 53.2 cm³/mol. The minimum Gasteiger partial charge on any atom is -0.395 e. The Labute approximate surface area is 81.6 Å². The van der Waals surface area contributed by atoms with E-state index in [-0.39, 0.29) is 5.91 Å². The monoisotopic (exact) mass is 190 g/mol. The second-order valence-corrected chi connectivity index (χ2v) is 2.86. The molecular weight excluding hydrogens is 180 g/mol. The molecule has 1 aliphatic heterocycles. The van der Waals surface area contributed by atoms with Crippen molar-refractivity contribution < 1.29 is 9.63 Å². The van der Waals surface area contributed by atoms with Gasteiger partial charge in [0.1, 0.15) is 6.61 Å². The summed E-state index contributed by atoms with van der Waals surface area (Å²) in [6.45, 7) is 2.28. The van der Waals surface area contributed by atoms with Crippen molar-refractivity contribution in [3.05, 3.63) is 29.8 Å². The Bertz CT molecular complexity index is 399. The summed E-state index contributed by atoms with van der Waals surface area (Å²) in [6, 6.07) is 7.40. The zero-order chi connectivity index (χ0) is 9.97. The molecule has 1 N–H and O–H groups in total. The Morgan fingerprint density at radius 2 is 2.21 bits per heavy atom. The second kappa shape index (κ2) is 3.49. The minimum atomic E-state index is -0.209. The van der Waals surface area contributed by atoms with Crippen molar-refractivity contribution in [2.24, 2.45) is 5.16 Å². The maximum atomic E-state index is 11.4. The van der Waals surface area contributed by atoms with Crippen molar-refractivity contribution >= 4 is 17.3 Å². The largest absolute Gasteiger partial charge is 0.395 e. The van der Waals surface area contributed by atoms with Crippen LogP contribution in [0.15, 0.2) is 29.4 Å². The van der Waals surface area contributed by atoms with Crippen LogP contribution in [0.1, 0.15) is 12.5 Å². The molecular formula is C10H10N2O2. The lowest BCUT2D eigenvalue weighted by Gasteiger charge is -1.95. The smallest absolute Gasteiger partial charge is 0.278 e. The number of nitrogens with zero attached hydrogens (tertiary/aromatic N) is 1. The number of carbonyl (C=O) groups is 1. The SMILES string of the molecule is CCO/N=C1/C(=O)Nc2ccccc21. The van der Waals surface area contributed by atoms with Gasteiger partial charge in [0.2, 0.25) is 0 Å². The first-order valence-electron chi connectivity index (χ1n) is 4.43. The maximum Gasteiger partial charge on any atom is 0.278 e. The molecule has 1 aliphatic rings. The number of carbonyl (C=O) groups excluding carboxylic acids is 1. The fourth-order valence-electron chi connectivity index (χ4n) is 1.32. The highest BCUT2D eigenvalue weighted by atomic mass is 16.6. The Hall–Kier alpha value is -1.84. The summed E-state index contributed by atoms with van der Waals surface area (Å²) in [5, 5.41) is 6.48. The summed E-state index contributed by atoms with van der Waals surface area (Å²) in [5.41, 5.74) is 1.93. The number of para-hydroxylation sites is 1. The average Bonchev–Trinajstić information content (AvgIpc) is 2.51. The summed E-state index contributed by atoms with van der Waals surface area (Å²) >= 11 is 0. The molecule has 1 aromatic carbocycles. The van der Waals surface area contributed by atoms with Gasteiger partial charge in [0.05, 0.1) is 5.69 Å². The Morgan fingerprint density at radius 3 is 3.00 bits per heavy atom. The van der Waals surface area contributed by atoms with Crippen molar-refractivity contribution in [3.8, 4) is 0 Å². The highest BCUT2D eigenvalue weighted by Gasteiger charge is 2.25. The van der Waals surface area contributed by atoms with Crippen molar-refractivity contribution in [3.63, 3.8) is 0 Å². The fraction of sp³-hybridized carbons (Fsp3) is 0.200. The van der Waals surface area contributed by atoms with E-state index in [1.165, 1.54) is 0 Å². The van der Waals surface area contributed by atoms with E-state index >= 15 is 0 Å². The fourth-order valence-corrected chi connectivity index (χ4v) is 1.32. The molecule has 0 fully saturated rings. The van der Waals surface area contributed by atoms with Crippen LogP contribution in [0.3, 0.4) is 0 Å². The highest BCUT2D eigenvalue weighted by Crippen LogP contribution is 2.22. The molecule has 0 aromatic heterocycles. The van der Waals surface area contributed by atoms with Crippen LogP contribution in [0.4, 0.5) is 5.69 Å². The zero-order valence-corrected chi connectivity index (χ0v) is 7.78. The molecule has 2 rings (SSSR count). The lowest BCUT2D eigenvalue weighted by molar-refractivity contribution is -0.110. The summed E-state index contributed by atoms with van der Waals surface area (Å²) in [4.78, 5) is 16.3. The van der Waals surface area contributed by atoms with Crippen molar-refractivity contribution in [1.82, 2.24) is 0 Å². The minimum absolute atomic E-state index is 0.209. The molecule has 0 aliphatic carbocycles. The van der Waals surface area contributed by atoms with Crippen LogP contribution in [0, 0.1) is 0 Å². The first kappa shape index (κ1) is 8.74. The van der Waals surface area contributed by atoms with Gasteiger partial charge in [-0.3, -0.25) is 4.79 Å². The topological polar surface area (TPSA) is 50.7 Å². The number of amides is 1. The lowest BCUT2D eigenvalue weighted by atomic mass is 10.1. The number of hydrogen-bond donors (Lipinski definition) is 1. The van der Waals surface area contributed by atoms with Crippen molar-refractivity contribution in [2.75, 3.05) is 11.9 Å². The van der Waals surface area contributed by atoms with Gasteiger partial charge in [-0.05, 0) is 13.0 Å². The van der Waals surface area contributed by atoms with E-state index in [1.807, 2.05) is 31.2 Å². The molecule has 1 aromatic rings. The van der Waals surface area contributed by atoms with Gasteiger partial charge in [-0.25, -0.2) is 0 Å². The molecule has 0 bridgehead atoms. The molecule has 4 heteroatoms.